The first kappa shape index (κ1) is 20.4. The summed E-state index contributed by atoms with van der Waals surface area (Å²) >= 11 is 0. The highest BCUT2D eigenvalue weighted by molar-refractivity contribution is 5.50. The maximum absolute atomic E-state index is 10.3. The first-order valence-corrected chi connectivity index (χ1v) is 8.14. The van der Waals surface area contributed by atoms with Crippen molar-refractivity contribution in [3.8, 4) is 17.6 Å². The highest BCUT2D eigenvalue weighted by Crippen LogP contribution is 2.28. The Labute approximate surface area is 152 Å². The van der Waals surface area contributed by atoms with Crippen molar-refractivity contribution in [1.82, 2.24) is 0 Å². The van der Waals surface area contributed by atoms with Gasteiger partial charge in [0.05, 0.1) is 18.8 Å². The van der Waals surface area contributed by atoms with Crippen LogP contribution in [-0.2, 0) is 16.1 Å². The van der Waals surface area contributed by atoms with Gasteiger partial charge in [-0.1, -0.05) is 24.5 Å². The molecule has 0 aliphatic carbocycles. The topological polar surface area (TPSA) is 109 Å². The predicted molar refractivity (Wildman–Crippen MR) is 93.2 cm³/mol. The van der Waals surface area contributed by atoms with Crippen LogP contribution < -0.4 is 4.74 Å². The molecule has 0 bridgehead atoms. The van der Waals surface area contributed by atoms with Gasteiger partial charge in [-0.2, -0.15) is 0 Å². The molecule has 0 aromatic heterocycles. The molecule has 1 aromatic carbocycles. The van der Waals surface area contributed by atoms with Crippen LogP contribution in [0.15, 0.2) is 30.4 Å². The number of rotatable bonds is 5. The smallest absolute Gasteiger partial charge is 0.229 e. The van der Waals surface area contributed by atoms with Gasteiger partial charge in [0.15, 0.2) is 0 Å². The second kappa shape index (κ2) is 9.14. The molecule has 0 radical (unpaired) electrons. The van der Waals surface area contributed by atoms with Crippen LogP contribution in [0.1, 0.15) is 18.1 Å². The Morgan fingerprint density at radius 2 is 2.00 bits per heavy atom. The molecular formula is C19H24O7. The Bertz CT molecular complexity index is 689. The average molecular weight is 364 g/mol. The van der Waals surface area contributed by atoms with Crippen LogP contribution in [0.4, 0.5) is 0 Å². The molecule has 0 spiro atoms. The quantitative estimate of drug-likeness (QED) is 0.542. The van der Waals surface area contributed by atoms with Crippen LogP contribution in [0.25, 0.3) is 0 Å². The maximum Gasteiger partial charge on any atom is 0.229 e. The predicted octanol–water partition coefficient (Wildman–Crippen LogP) is -0.0607. The van der Waals surface area contributed by atoms with Crippen molar-refractivity contribution in [2.24, 2.45) is 0 Å². The normalized spacial score (nSPS) is 28.2. The second-order valence-corrected chi connectivity index (χ2v) is 6.04. The Hall–Kier alpha value is -1.92. The number of aliphatic hydroxyl groups excluding tert-OH is 4. The molecule has 1 saturated heterocycles. The maximum atomic E-state index is 10.3. The number of allylic oxidation sites excluding steroid dienone is 1. The van der Waals surface area contributed by atoms with Crippen LogP contribution in [0.3, 0.4) is 0 Å². The summed E-state index contributed by atoms with van der Waals surface area (Å²) in [5.74, 6) is 6.02. The Morgan fingerprint density at radius 3 is 2.58 bits per heavy atom. The van der Waals surface area contributed by atoms with Crippen molar-refractivity contribution in [1.29, 1.82) is 0 Å². The standard InChI is InChI=1S/C19H24O7/c1-11(2)4-6-13-8-12(9-20)5-7-14(13)25-19-17(23)16(22)18(24-3)15(10-21)26-19/h5,7-8,15-23H,1,9-10H2,2-3H3/t15-,16-,17-,18-,19-/m1/s1. The van der Waals surface area contributed by atoms with Crippen LogP contribution in [-0.4, -0.2) is 64.8 Å². The summed E-state index contributed by atoms with van der Waals surface area (Å²) in [6, 6.07) is 4.89. The fourth-order valence-corrected chi connectivity index (χ4v) is 2.62. The molecule has 26 heavy (non-hydrogen) atoms. The van der Waals surface area contributed by atoms with Gasteiger partial charge in [0.25, 0.3) is 0 Å². The van der Waals surface area contributed by atoms with Crippen molar-refractivity contribution >= 4 is 0 Å². The third kappa shape index (κ3) is 4.62. The lowest BCUT2D eigenvalue weighted by Gasteiger charge is -2.41. The fraction of sp³-hybridized carbons (Fsp3) is 0.474. The zero-order valence-corrected chi connectivity index (χ0v) is 14.8. The van der Waals surface area contributed by atoms with E-state index in [1.54, 1.807) is 25.1 Å². The van der Waals surface area contributed by atoms with E-state index in [1.807, 2.05) is 0 Å². The fourth-order valence-electron chi connectivity index (χ4n) is 2.62. The average Bonchev–Trinajstić information content (AvgIpc) is 2.64. The van der Waals surface area contributed by atoms with Gasteiger partial charge < -0.3 is 34.6 Å². The zero-order valence-electron chi connectivity index (χ0n) is 14.8. The van der Waals surface area contributed by atoms with E-state index < -0.39 is 37.3 Å². The molecule has 7 heteroatoms. The molecule has 5 atom stereocenters. The van der Waals surface area contributed by atoms with E-state index in [4.69, 9.17) is 14.2 Å². The highest BCUT2D eigenvalue weighted by atomic mass is 16.7. The molecule has 1 aromatic rings. The van der Waals surface area contributed by atoms with Gasteiger partial charge in [0.1, 0.15) is 30.2 Å². The lowest BCUT2D eigenvalue weighted by Crippen LogP contribution is -2.60. The van der Waals surface area contributed by atoms with Crippen LogP contribution in [0, 0.1) is 11.8 Å². The molecule has 2 rings (SSSR count). The van der Waals surface area contributed by atoms with E-state index in [-0.39, 0.29) is 6.61 Å². The van der Waals surface area contributed by atoms with Crippen LogP contribution in [0.5, 0.6) is 5.75 Å². The Balaban J connectivity index is 2.29. The van der Waals surface area contributed by atoms with Crippen molar-refractivity contribution in [2.45, 2.75) is 44.2 Å². The molecule has 1 aliphatic rings. The lowest BCUT2D eigenvalue weighted by atomic mass is 9.99. The number of ether oxygens (including phenoxy) is 3. The molecular weight excluding hydrogens is 340 g/mol. The highest BCUT2D eigenvalue weighted by Gasteiger charge is 2.45. The Kier molecular flexibility index (Phi) is 7.17. The summed E-state index contributed by atoms with van der Waals surface area (Å²) in [6.07, 6.45) is -5.64. The minimum Gasteiger partial charge on any atom is -0.461 e. The molecule has 7 nitrogen and oxygen atoms in total. The largest absolute Gasteiger partial charge is 0.461 e. The van der Waals surface area contributed by atoms with Crippen LogP contribution >= 0.6 is 0 Å². The van der Waals surface area contributed by atoms with E-state index in [2.05, 4.69) is 18.4 Å². The molecule has 0 saturated carbocycles. The first-order valence-electron chi connectivity index (χ1n) is 8.14. The molecule has 0 amide bonds. The van der Waals surface area contributed by atoms with Crippen LogP contribution in [0.2, 0.25) is 0 Å². The minimum atomic E-state index is -1.39. The number of aliphatic hydroxyl groups is 4. The van der Waals surface area contributed by atoms with Crippen molar-refractivity contribution < 1.29 is 34.6 Å². The van der Waals surface area contributed by atoms with Crippen molar-refractivity contribution in [2.75, 3.05) is 13.7 Å². The second-order valence-electron chi connectivity index (χ2n) is 6.04. The summed E-state index contributed by atoms with van der Waals surface area (Å²) in [5.41, 5.74) is 1.76. The van der Waals surface area contributed by atoms with Gasteiger partial charge in [0, 0.05) is 7.11 Å². The number of benzene rings is 1. The van der Waals surface area contributed by atoms with Gasteiger partial charge in [-0.15, -0.1) is 0 Å². The van der Waals surface area contributed by atoms with E-state index in [0.29, 0.717) is 22.4 Å². The van der Waals surface area contributed by atoms with Crippen molar-refractivity contribution in [3.63, 3.8) is 0 Å². The van der Waals surface area contributed by atoms with Gasteiger partial charge in [0.2, 0.25) is 6.29 Å². The van der Waals surface area contributed by atoms with E-state index >= 15 is 0 Å². The monoisotopic (exact) mass is 364 g/mol. The zero-order chi connectivity index (χ0) is 19.3. The SMILES string of the molecule is C=C(C)C#Cc1cc(CO)ccc1O[C@@H]1O[C@H](CO)[C@@H](OC)[C@H](O)[C@H]1O. The van der Waals surface area contributed by atoms with Gasteiger partial charge >= 0.3 is 0 Å². The molecule has 0 unspecified atom stereocenters. The number of hydrogen-bond acceptors (Lipinski definition) is 7. The summed E-state index contributed by atoms with van der Waals surface area (Å²) < 4.78 is 16.3. The Morgan fingerprint density at radius 1 is 1.27 bits per heavy atom. The third-order valence-corrected chi connectivity index (χ3v) is 3.97. The third-order valence-electron chi connectivity index (χ3n) is 3.97. The van der Waals surface area contributed by atoms with Gasteiger partial charge in [-0.3, -0.25) is 0 Å². The number of methoxy groups -OCH3 is 1. The van der Waals surface area contributed by atoms with Gasteiger partial charge in [-0.25, -0.2) is 0 Å². The molecule has 142 valence electrons. The molecule has 1 aliphatic heterocycles. The van der Waals surface area contributed by atoms with Gasteiger partial charge in [-0.05, 0) is 30.2 Å². The minimum absolute atomic E-state index is 0.161. The van der Waals surface area contributed by atoms with E-state index in [1.165, 1.54) is 7.11 Å². The first-order chi connectivity index (χ1) is 12.4. The molecule has 1 fully saturated rings. The van der Waals surface area contributed by atoms with E-state index in [9.17, 15) is 20.4 Å². The summed E-state index contributed by atoms with van der Waals surface area (Å²) in [5, 5.41) is 39.2. The summed E-state index contributed by atoms with van der Waals surface area (Å²) in [7, 11) is 1.35. The summed E-state index contributed by atoms with van der Waals surface area (Å²) in [4.78, 5) is 0. The van der Waals surface area contributed by atoms with E-state index in [0.717, 1.165) is 0 Å². The molecule has 4 N–H and O–H groups in total. The molecule has 1 heterocycles. The van der Waals surface area contributed by atoms with Crippen molar-refractivity contribution in [3.05, 3.63) is 41.5 Å². The summed E-state index contributed by atoms with van der Waals surface area (Å²) in [6.45, 7) is 4.90. The lowest BCUT2D eigenvalue weighted by molar-refractivity contribution is -0.281. The number of hydrogen-bond donors (Lipinski definition) is 4.